The maximum absolute atomic E-state index is 11.8. The van der Waals surface area contributed by atoms with Gasteiger partial charge in [-0.3, -0.25) is 0 Å². The molecule has 3 nitrogen and oxygen atoms in total. The number of esters is 1. The standard InChI is InChI=1S/C14H18O3/c1-11(2)17-14(15)13(10-16-3)9-12-7-5-4-6-8-12/h4-9,11H,10H2,1-3H3. The number of hydrogen-bond acceptors (Lipinski definition) is 3. The maximum Gasteiger partial charge on any atom is 0.336 e. The molecule has 1 aromatic carbocycles. The van der Waals surface area contributed by atoms with Crippen molar-refractivity contribution in [1.82, 2.24) is 0 Å². The van der Waals surface area contributed by atoms with E-state index in [1.165, 1.54) is 0 Å². The average Bonchev–Trinajstić information content (AvgIpc) is 2.29. The average molecular weight is 234 g/mol. The third-order valence-electron chi connectivity index (χ3n) is 2.05. The van der Waals surface area contributed by atoms with Gasteiger partial charge in [0.2, 0.25) is 0 Å². The van der Waals surface area contributed by atoms with Crippen molar-refractivity contribution in [3.63, 3.8) is 0 Å². The van der Waals surface area contributed by atoms with Gasteiger partial charge in [0.05, 0.1) is 18.3 Å². The Kier molecular flexibility index (Phi) is 5.43. The van der Waals surface area contributed by atoms with Gasteiger partial charge in [0.25, 0.3) is 0 Å². The second kappa shape index (κ2) is 6.86. The van der Waals surface area contributed by atoms with Gasteiger partial charge in [-0.2, -0.15) is 0 Å². The predicted octanol–water partition coefficient (Wildman–Crippen LogP) is 2.67. The number of benzene rings is 1. The van der Waals surface area contributed by atoms with E-state index >= 15 is 0 Å². The van der Waals surface area contributed by atoms with Crippen molar-refractivity contribution in [2.24, 2.45) is 0 Å². The zero-order chi connectivity index (χ0) is 12.7. The fraction of sp³-hybridized carbons (Fsp3) is 0.357. The van der Waals surface area contributed by atoms with E-state index < -0.39 is 0 Å². The number of rotatable bonds is 5. The zero-order valence-corrected chi connectivity index (χ0v) is 10.5. The van der Waals surface area contributed by atoms with Gasteiger partial charge in [0, 0.05) is 7.11 Å². The molecule has 0 saturated heterocycles. The summed E-state index contributed by atoms with van der Waals surface area (Å²) >= 11 is 0. The van der Waals surface area contributed by atoms with Crippen molar-refractivity contribution in [2.75, 3.05) is 13.7 Å². The maximum atomic E-state index is 11.8. The lowest BCUT2D eigenvalue weighted by Gasteiger charge is -2.10. The van der Waals surface area contributed by atoms with Gasteiger partial charge in [0.1, 0.15) is 0 Å². The summed E-state index contributed by atoms with van der Waals surface area (Å²) in [5.74, 6) is -0.328. The molecule has 0 unspecified atom stereocenters. The minimum Gasteiger partial charge on any atom is -0.460 e. The first-order valence-corrected chi connectivity index (χ1v) is 5.59. The van der Waals surface area contributed by atoms with Crippen LogP contribution in [0.1, 0.15) is 19.4 Å². The van der Waals surface area contributed by atoms with Crippen LogP contribution >= 0.6 is 0 Å². The summed E-state index contributed by atoms with van der Waals surface area (Å²) in [7, 11) is 1.56. The van der Waals surface area contributed by atoms with E-state index in [1.54, 1.807) is 13.2 Å². The van der Waals surface area contributed by atoms with Crippen LogP contribution in [0.25, 0.3) is 6.08 Å². The van der Waals surface area contributed by atoms with Gasteiger partial charge < -0.3 is 9.47 Å². The van der Waals surface area contributed by atoms with Gasteiger partial charge in [-0.05, 0) is 25.5 Å². The molecule has 0 atom stereocenters. The Morgan fingerprint density at radius 2 is 1.94 bits per heavy atom. The zero-order valence-electron chi connectivity index (χ0n) is 10.5. The molecule has 0 aliphatic rings. The lowest BCUT2D eigenvalue weighted by atomic mass is 10.1. The Bertz CT molecular complexity index is 380. The van der Waals surface area contributed by atoms with Crippen molar-refractivity contribution >= 4 is 12.0 Å². The molecule has 92 valence electrons. The molecule has 0 heterocycles. The monoisotopic (exact) mass is 234 g/mol. The summed E-state index contributed by atoms with van der Waals surface area (Å²) < 4.78 is 10.2. The highest BCUT2D eigenvalue weighted by Crippen LogP contribution is 2.09. The fourth-order valence-electron chi connectivity index (χ4n) is 1.36. The smallest absolute Gasteiger partial charge is 0.336 e. The molecule has 0 amide bonds. The Balaban J connectivity index is 2.85. The van der Waals surface area contributed by atoms with Gasteiger partial charge in [0.15, 0.2) is 0 Å². The second-order valence-electron chi connectivity index (χ2n) is 3.97. The molecule has 1 aromatic rings. The number of ether oxygens (including phenoxy) is 2. The molecule has 17 heavy (non-hydrogen) atoms. The Hall–Kier alpha value is -1.61. The summed E-state index contributed by atoms with van der Waals surface area (Å²) in [6.07, 6.45) is 1.66. The SMILES string of the molecule is COCC(=Cc1ccccc1)C(=O)OC(C)C. The summed E-state index contributed by atoms with van der Waals surface area (Å²) in [6.45, 7) is 3.90. The van der Waals surface area contributed by atoms with Crippen molar-refractivity contribution in [3.8, 4) is 0 Å². The topological polar surface area (TPSA) is 35.5 Å². The van der Waals surface area contributed by atoms with Crippen LogP contribution in [0, 0.1) is 0 Å². The highest BCUT2D eigenvalue weighted by molar-refractivity contribution is 5.94. The molecule has 3 heteroatoms. The molecule has 0 spiro atoms. The van der Waals surface area contributed by atoms with Gasteiger partial charge in [-0.1, -0.05) is 30.3 Å². The summed E-state index contributed by atoms with van der Waals surface area (Å²) in [5, 5.41) is 0. The van der Waals surface area contributed by atoms with Crippen molar-refractivity contribution in [3.05, 3.63) is 41.5 Å². The molecule has 0 fully saturated rings. The van der Waals surface area contributed by atoms with Crippen LogP contribution in [-0.2, 0) is 14.3 Å². The van der Waals surface area contributed by atoms with Crippen LogP contribution in [0.4, 0.5) is 0 Å². The quantitative estimate of drug-likeness (QED) is 0.580. The van der Waals surface area contributed by atoms with Crippen LogP contribution in [0.2, 0.25) is 0 Å². The van der Waals surface area contributed by atoms with Gasteiger partial charge >= 0.3 is 5.97 Å². The van der Waals surface area contributed by atoms with E-state index in [1.807, 2.05) is 44.2 Å². The molecule has 1 rings (SSSR count). The first-order valence-electron chi connectivity index (χ1n) is 5.59. The van der Waals surface area contributed by atoms with E-state index in [2.05, 4.69) is 0 Å². The predicted molar refractivity (Wildman–Crippen MR) is 67.5 cm³/mol. The minimum atomic E-state index is -0.328. The lowest BCUT2D eigenvalue weighted by molar-refractivity contribution is -0.143. The Morgan fingerprint density at radius 3 is 2.47 bits per heavy atom. The van der Waals surface area contributed by atoms with Crippen molar-refractivity contribution in [1.29, 1.82) is 0 Å². The molecule has 0 aliphatic carbocycles. The largest absolute Gasteiger partial charge is 0.460 e. The number of methoxy groups -OCH3 is 1. The second-order valence-corrected chi connectivity index (χ2v) is 3.97. The van der Waals surface area contributed by atoms with Crippen LogP contribution in [0.3, 0.4) is 0 Å². The third kappa shape index (κ3) is 4.83. The fourth-order valence-corrected chi connectivity index (χ4v) is 1.36. The molecular formula is C14H18O3. The Labute approximate surface area is 102 Å². The van der Waals surface area contributed by atoms with E-state index in [4.69, 9.17) is 9.47 Å². The normalized spacial score (nSPS) is 11.6. The summed E-state index contributed by atoms with van der Waals surface area (Å²) in [4.78, 5) is 11.8. The molecule has 0 bridgehead atoms. The van der Waals surface area contributed by atoms with Crippen LogP contribution in [0.5, 0.6) is 0 Å². The van der Waals surface area contributed by atoms with E-state index in [9.17, 15) is 4.79 Å². The molecular weight excluding hydrogens is 216 g/mol. The molecule has 0 saturated carbocycles. The van der Waals surface area contributed by atoms with E-state index in [-0.39, 0.29) is 18.7 Å². The third-order valence-corrected chi connectivity index (χ3v) is 2.05. The van der Waals surface area contributed by atoms with Crippen molar-refractivity contribution < 1.29 is 14.3 Å². The van der Waals surface area contributed by atoms with Crippen molar-refractivity contribution in [2.45, 2.75) is 20.0 Å². The minimum absolute atomic E-state index is 0.126. The Morgan fingerprint density at radius 1 is 1.29 bits per heavy atom. The van der Waals surface area contributed by atoms with E-state index in [0.717, 1.165) is 5.56 Å². The number of carbonyl (C=O) groups is 1. The lowest BCUT2D eigenvalue weighted by Crippen LogP contribution is -2.16. The number of hydrogen-bond donors (Lipinski definition) is 0. The molecule has 0 aliphatic heterocycles. The molecule has 0 aromatic heterocycles. The van der Waals surface area contributed by atoms with Crippen LogP contribution < -0.4 is 0 Å². The van der Waals surface area contributed by atoms with Gasteiger partial charge in [-0.15, -0.1) is 0 Å². The summed E-state index contributed by atoms with van der Waals surface area (Å²) in [6, 6.07) is 9.63. The molecule has 0 N–H and O–H groups in total. The van der Waals surface area contributed by atoms with Gasteiger partial charge in [-0.25, -0.2) is 4.79 Å². The first kappa shape index (κ1) is 13.5. The van der Waals surface area contributed by atoms with E-state index in [0.29, 0.717) is 5.57 Å². The first-order chi connectivity index (χ1) is 8.13. The van der Waals surface area contributed by atoms with Crippen LogP contribution in [0.15, 0.2) is 35.9 Å². The highest BCUT2D eigenvalue weighted by atomic mass is 16.5. The molecule has 0 radical (unpaired) electrons. The summed E-state index contributed by atoms with van der Waals surface area (Å²) in [5.41, 5.74) is 1.48. The van der Waals surface area contributed by atoms with Crippen LogP contribution in [-0.4, -0.2) is 25.8 Å². The number of carbonyl (C=O) groups excluding carboxylic acids is 1. The highest BCUT2D eigenvalue weighted by Gasteiger charge is 2.12.